The molecule has 1 aliphatic heterocycles. The van der Waals surface area contributed by atoms with Gasteiger partial charge in [-0.2, -0.15) is 0 Å². The first-order chi connectivity index (χ1) is 13.0. The fourth-order valence-corrected chi connectivity index (χ4v) is 3.62. The molecule has 1 saturated heterocycles. The van der Waals surface area contributed by atoms with Crippen LogP contribution in [0, 0.1) is 0 Å². The van der Waals surface area contributed by atoms with Crippen molar-refractivity contribution in [2.45, 2.75) is 39.3 Å². The van der Waals surface area contributed by atoms with E-state index in [1.54, 1.807) is 25.6 Å². The van der Waals surface area contributed by atoms with Gasteiger partial charge in [0, 0.05) is 55.7 Å². The molecule has 6 nitrogen and oxygen atoms in total. The van der Waals surface area contributed by atoms with Gasteiger partial charge in [0.05, 0.1) is 18.4 Å². The van der Waals surface area contributed by atoms with Gasteiger partial charge in [0.25, 0.3) is 5.91 Å². The molecule has 144 valence electrons. The summed E-state index contributed by atoms with van der Waals surface area (Å²) in [5.74, 6) is 0.625. The fraction of sp³-hybridized carbons (Fsp3) is 0.476. The van der Waals surface area contributed by atoms with Crippen molar-refractivity contribution in [2.75, 3.05) is 26.7 Å². The van der Waals surface area contributed by atoms with E-state index >= 15 is 0 Å². The molecular weight excluding hydrogens is 340 g/mol. The number of carbonyl (C=O) groups excluding carboxylic acids is 1. The molecule has 1 amide bonds. The highest BCUT2D eigenvalue weighted by atomic mass is 16.5. The summed E-state index contributed by atoms with van der Waals surface area (Å²) in [6, 6.07) is 8.36. The molecule has 3 rings (SSSR count). The van der Waals surface area contributed by atoms with Crippen LogP contribution in [-0.2, 0) is 0 Å². The molecule has 0 aliphatic carbocycles. The third-order valence-electron chi connectivity index (χ3n) is 5.20. The first kappa shape index (κ1) is 19.3. The van der Waals surface area contributed by atoms with Gasteiger partial charge in [-0.15, -0.1) is 0 Å². The summed E-state index contributed by atoms with van der Waals surface area (Å²) < 4.78 is 5.08. The smallest absolute Gasteiger partial charge is 0.255 e. The van der Waals surface area contributed by atoms with Crippen molar-refractivity contribution in [1.29, 1.82) is 0 Å². The van der Waals surface area contributed by atoms with Crippen molar-refractivity contribution in [1.82, 2.24) is 19.8 Å². The number of pyridine rings is 2. The Balaban J connectivity index is 1.70. The summed E-state index contributed by atoms with van der Waals surface area (Å²) in [5.41, 5.74) is 2.32. The van der Waals surface area contributed by atoms with E-state index in [0.29, 0.717) is 23.5 Å². The van der Waals surface area contributed by atoms with Crippen molar-refractivity contribution < 1.29 is 9.53 Å². The predicted octanol–water partition coefficient (Wildman–Crippen LogP) is 3.10. The first-order valence-corrected chi connectivity index (χ1v) is 9.55. The zero-order chi connectivity index (χ0) is 19.4. The van der Waals surface area contributed by atoms with Crippen molar-refractivity contribution in [3.8, 4) is 17.1 Å². The normalized spacial score (nSPS) is 18.0. The lowest BCUT2D eigenvalue weighted by Crippen LogP contribution is -2.56. The van der Waals surface area contributed by atoms with Crippen molar-refractivity contribution in [3.63, 3.8) is 0 Å². The van der Waals surface area contributed by atoms with Gasteiger partial charge in [-0.25, -0.2) is 4.98 Å². The molecule has 1 aliphatic rings. The number of carbonyl (C=O) groups is 1. The Kier molecular flexibility index (Phi) is 6.06. The average molecular weight is 368 g/mol. The SMILES string of the molecule is CCC1CN(C(=O)c2ccc(-c3ccc(OC)nc3)nc2)CCN1C(C)C. The molecule has 27 heavy (non-hydrogen) atoms. The minimum atomic E-state index is 0.0590. The van der Waals surface area contributed by atoms with E-state index in [9.17, 15) is 4.79 Å². The molecule has 0 aromatic carbocycles. The van der Waals surface area contributed by atoms with Crippen molar-refractivity contribution >= 4 is 5.91 Å². The molecule has 0 spiro atoms. The van der Waals surface area contributed by atoms with Crippen LogP contribution in [0.4, 0.5) is 0 Å². The van der Waals surface area contributed by atoms with Crippen LogP contribution >= 0.6 is 0 Å². The molecule has 1 atom stereocenters. The number of hydrogen-bond donors (Lipinski definition) is 0. The van der Waals surface area contributed by atoms with E-state index in [-0.39, 0.29) is 5.91 Å². The number of rotatable bonds is 5. The lowest BCUT2D eigenvalue weighted by atomic mass is 10.1. The Bertz CT molecular complexity index is 759. The van der Waals surface area contributed by atoms with Gasteiger partial charge < -0.3 is 9.64 Å². The first-order valence-electron chi connectivity index (χ1n) is 9.55. The third-order valence-corrected chi connectivity index (χ3v) is 5.20. The second-order valence-corrected chi connectivity index (χ2v) is 7.17. The van der Waals surface area contributed by atoms with Crippen molar-refractivity contribution in [3.05, 3.63) is 42.2 Å². The Hall–Kier alpha value is -2.47. The number of ether oxygens (including phenoxy) is 1. The van der Waals surface area contributed by atoms with Crippen LogP contribution < -0.4 is 4.74 Å². The van der Waals surface area contributed by atoms with E-state index in [0.717, 1.165) is 37.3 Å². The maximum absolute atomic E-state index is 12.9. The van der Waals surface area contributed by atoms with Crippen LogP contribution in [0.2, 0.25) is 0 Å². The minimum absolute atomic E-state index is 0.0590. The predicted molar refractivity (Wildman–Crippen MR) is 106 cm³/mol. The summed E-state index contributed by atoms with van der Waals surface area (Å²) in [5, 5.41) is 0. The summed E-state index contributed by atoms with van der Waals surface area (Å²) in [7, 11) is 1.59. The topological polar surface area (TPSA) is 58.6 Å². The lowest BCUT2D eigenvalue weighted by molar-refractivity contribution is 0.0371. The number of methoxy groups -OCH3 is 1. The number of amides is 1. The van der Waals surface area contributed by atoms with Gasteiger partial charge >= 0.3 is 0 Å². The quantitative estimate of drug-likeness (QED) is 0.812. The molecule has 1 unspecified atom stereocenters. The maximum atomic E-state index is 12.9. The van der Waals surface area contributed by atoms with Crippen LogP contribution in [0.3, 0.4) is 0 Å². The summed E-state index contributed by atoms with van der Waals surface area (Å²) in [6.07, 6.45) is 4.43. The van der Waals surface area contributed by atoms with E-state index < -0.39 is 0 Å². The van der Waals surface area contributed by atoms with E-state index in [1.807, 2.05) is 23.1 Å². The van der Waals surface area contributed by atoms with Crippen LogP contribution in [-0.4, -0.2) is 64.5 Å². The van der Waals surface area contributed by atoms with Crippen LogP contribution in [0.1, 0.15) is 37.6 Å². The third kappa shape index (κ3) is 4.27. The van der Waals surface area contributed by atoms with Gasteiger partial charge in [-0.1, -0.05) is 6.92 Å². The monoisotopic (exact) mass is 368 g/mol. The van der Waals surface area contributed by atoms with E-state index in [1.165, 1.54) is 0 Å². The highest BCUT2D eigenvalue weighted by molar-refractivity contribution is 5.94. The Morgan fingerprint density at radius 1 is 1.19 bits per heavy atom. The Morgan fingerprint density at radius 3 is 2.56 bits per heavy atom. The number of nitrogens with zero attached hydrogens (tertiary/aromatic N) is 4. The summed E-state index contributed by atoms with van der Waals surface area (Å²) in [6.45, 7) is 9.08. The van der Waals surface area contributed by atoms with Gasteiger partial charge in [0.15, 0.2) is 0 Å². The zero-order valence-corrected chi connectivity index (χ0v) is 16.6. The molecule has 0 N–H and O–H groups in total. The highest BCUT2D eigenvalue weighted by Crippen LogP contribution is 2.21. The molecule has 1 fully saturated rings. The van der Waals surface area contributed by atoms with E-state index in [2.05, 4.69) is 35.6 Å². The standard InChI is InChI=1S/C21H28N4O2/c1-5-18-14-24(10-11-25(18)15(2)3)21(26)17-6-8-19(22-13-17)16-7-9-20(27-4)23-12-16/h6-9,12-13,15,18H,5,10-11,14H2,1-4H3. The number of piperazine rings is 1. The second kappa shape index (κ2) is 8.48. The highest BCUT2D eigenvalue weighted by Gasteiger charge is 2.30. The van der Waals surface area contributed by atoms with Crippen LogP contribution in [0.15, 0.2) is 36.7 Å². The number of hydrogen-bond acceptors (Lipinski definition) is 5. The Morgan fingerprint density at radius 2 is 2.00 bits per heavy atom. The van der Waals surface area contributed by atoms with Gasteiger partial charge in [-0.05, 0) is 38.5 Å². The summed E-state index contributed by atoms with van der Waals surface area (Å²) in [4.78, 5) is 26.0. The molecule has 0 saturated carbocycles. The van der Waals surface area contributed by atoms with Gasteiger partial charge in [0.1, 0.15) is 0 Å². The molecule has 0 radical (unpaired) electrons. The molecule has 6 heteroatoms. The van der Waals surface area contributed by atoms with Crippen LogP contribution in [0.5, 0.6) is 5.88 Å². The average Bonchev–Trinajstić information content (AvgIpc) is 2.72. The second-order valence-electron chi connectivity index (χ2n) is 7.17. The van der Waals surface area contributed by atoms with Gasteiger partial charge in [0.2, 0.25) is 5.88 Å². The molecule has 2 aromatic heterocycles. The minimum Gasteiger partial charge on any atom is -0.481 e. The van der Waals surface area contributed by atoms with Crippen molar-refractivity contribution in [2.24, 2.45) is 0 Å². The molecular formula is C21H28N4O2. The van der Waals surface area contributed by atoms with Gasteiger partial charge in [-0.3, -0.25) is 14.7 Å². The van der Waals surface area contributed by atoms with E-state index in [4.69, 9.17) is 4.74 Å². The largest absolute Gasteiger partial charge is 0.481 e. The summed E-state index contributed by atoms with van der Waals surface area (Å²) >= 11 is 0. The maximum Gasteiger partial charge on any atom is 0.255 e. The zero-order valence-electron chi connectivity index (χ0n) is 16.6. The molecule has 3 heterocycles. The molecule has 2 aromatic rings. The Labute approximate surface area is 161 Å². The molecule has 0 bridgehead atoms. The number of aromatic nitrogens is 2. The van der Waals surface area contributed by atoms with Crippen LogP contribution in [0.25, 0.3) is 11.3 Å². The fourth-order valence-electron chi connectivity index (χ4n) is 3.62. The lowest BCUT2D eigenvalue weighted by Gasteiger charge is -2.43.